The maximum Gasteiger partial charge on any atom is 0.332 e. The zero-order chi connectivity index (χ0) is 18.7. The monoisotopic (exact) mass is 370 g/mol. The van der Waals surface area contributed by atoms with Gasteiger partial charge in [0, 0.05) is 28.1 Å². The molecule has 2 heterocycles. The van der Waals surface area contributed by atoms with Gasteiger partial charge < -0.3 is 5.11 Å². The topological polar surface area (TPSA) is 104 Å². The van der Waals surface area contributed by atoms with Crippen LogP contribution in [0.2, 0.25) is 5.02 Å². The quantitative estimate of drug-likeness (QED) is 0.694. The van der Waals surface area contributed by atoms with Crippen LogP contribution in [0, 0.1) is 0 Å². The molecule has 132 valence electrons. The minimum absolute atomic E-state index is 0.167. The lowest BCUT2D eigenvalue weighted by Crippen LogP contribution is -2.35. The second kappa shape index (κ2) is 7.37. The largest absolute Gasteiger partial charge is 0.859 e. The molecule has 0 saturated heterocycles. The van der Waals surface area contributed by atoms with Crippen LogP contribution >= 0.6 is 11.6 Å². The van der Waals surface area contributed by atoms with Gasteiger partial charge in [0.05, 0.1) is 12.1 Å². The Kier molecular flexibility index (Phi) is 4.99. The van der Waals surface area contributed by atoms with Crippen molar-refractivity contribution in [1.82, 2.24) is 9.55 Å². The summed E-state index contributed by atoms with van der Waals surface area (Å²) in [6.45, 7) is 1.86. The maximum atomic E-state index is 12.8. The second-order valence-electron chi connectivity index (χ2n) is 5.56. The lowest BCUT2D eigenvalue weighted by Gasteiger charge is -2.19. The highest BCUT2D eigenvalue weighted by Gasteiger charge is 2.12. The summed E-state index contributed by atoms with van der Waals surface area (Å²) in [4.78, 5) is 33.7. The number of halogens is 1. The zero-order valence-corrected chi connectivity index (χ0v) is 14.6. The molecule has 0 amide bonds. The van der Waals surface area contributed by atoms with Crippen molar-refractivity contribution in [2.45, 2.75) is 13.5 Å². The van der Waals surface area contributed by atoms with E-state index in [9.17, 15) is 14.7 Å². The maximum absolute atomic E-state index is 12.8. The van der Waals surface area contributed by atoms with Gasteiger partial charge in [-0.3, -0.25) is 19.3 Å². The van der Waals surface area contributed by atoms with E-state index < -0.39 is 17.1 Å². The summed E-state index contributed by atoms with van der Waals surface area (Å²) < 4.78 is 0.891. The highest BCUT2D eigenvalue weighted by molar-refractivity contribution is 6.30. The molecule has 3 rings (SSSR count). The van der Waals surface area contributed by atoms with E-state index in [0.29, 0.717) is 17.3 Å². The van der Waals surface area contributed by atoms with Crippen molar-refractivity contribution in [2.75, 3.05) is 0 Å². The third kappa shape index (κ3) is 3.57. The first kappa shape index (κ1) is 17.6. The Balaban J connectivity index is 2.07. The molecule has 0 fully saturated rings. The van der Waals surface area contributed by atoms with Crippen molar-refractivity contribution in [2.24, 2.45) is 4.99 Å². The molecule has 2 aromatic heterocycles. The number of hydrogen-bond donors (Lipinski definition) is 1. The fraction of sp³-hybridized carbons (Fsp3) is 0.111. The van der Waals surface area contributed by atoms with Crippen LogP contribution in [0.4, 0.5) is 0 Å². The third-order valence-corrected chi connectivity index (χ3v) is 4.04. The van der Waals surface area contributed by atoms with Crippen LogP contribution < -0.4 is 21.3 Å². The highest BCUT2D eigenvalue weighted by Crippen LogP contribution is 2.17. The van der Waals surface area contributed by atoms with Gasteiger partial charge in [0.15, 0.2) is 12.4 Å². The number of rotatable bonds is 4. The summed E-state index contributed by atoms with van der Waals surface area (Å²) in [5.41, 5.74) is -0.279. The number of nitrogens with zero attached hydrogens (tertiary/aromatic N) is 2. The molecular formula is C18H15ClN4O3. The first-order valence-corrected chi connectivity index (χ1v) is 8.14. The van der Waals surface area contributed by atoms with Gasteiger partial charge >= 0.3 is 5.69 Å². The molecule has 0 bridgehead atoms. The van der Waals surface area contributed by atoms with Crippen molar-refractivity contribution < 1.29 is 10.1 Å². The van der Waals surface area contributed by atoms with Crippen LogP contribution in [0.5, 0.6) is 5.88 Å². The number of benzene rings is 1. The van der Waals surface area contributed by atoms with Crippen molar-refractivity contribution in [3.8, 4) is 11.6 Å². The molecule has 0 radical (unpaired) electrons. The number of aliphatic imine (C=N–C) groups is 1. The predicted octanol–water partition coefficient (Wildman–Crippen LogP) is 1.08. The molecule has 2 N–H and O–H groups in total. The van der Waals surface area contributed by atoms with Crippen molar-refractivity contribution in [1.29, 1.82) is 0 Å². The van der Waals surface area contributed by atoms with Crippen LogP contribution in [0.3, 0.4) is 0 Å². The van der Waals surface area contributed by atoms with E-state index in [2.05, 4.69) is 15.0 Å². The van der Waals surface area contributed by atoms with Gasteiger partial charge in [-0.05, 0) is 43.1 Å². The normalized spacial score (nSPS) is 11.5. The first-order chi connectivity index (χ1) is 12.5. The molecule has 0 unspecified atom stereocenters. The lowest BCUT2D eigenvalue weighted by molar-refractivity contribution is -0.378. The number of hydrogen-bond acceptors (Lipinski definition) is 4. The smallest absolute Gasteiger partial charge is 0.332 e. The number of aromatic amines is 2. The minimum atomic E-state index is -0.809. The van der Waals surface area contributed by atoms with E-state index in [1.165, 1.54) is 12.1 Å². The fourth-order valence-electron chi connectivity index (χ4n) is 2.48. The molecule has 0 saturated carbocycles. The SMILES string of the molecule is CC(=NCc1ccc[nH+]c1)c1c([O-])n(-c2ccc(Cl)cc2)c(=O)[nH]c1=O. The molecule has 26 heavy (non-hydrogen) atoms. The number of pyridine rings is 1. The van der Waals surface area contributed by atoms with E-state index in [1.807, 2.05) is 12.1 Å². The minimum Gasteiger partial charge on any atom is -0.859 e. The summed E-state index contributed by atoms with van der Waals surface area (Å²) in [5, 5.41) is 13.2. The van der Waals surface area contributed by atoms with Crippen LogP contribution in [-0.2, 0) is 6.54 Å². The van der Waals surface area contributed by atoms with Crippen molar-refractivity contribution >= 4 is 17.3 Å². The number of H-pyrrole nitrogens is 2. The van der Waals surface area contributed by atoms with Gasteiger partial charge in [-0.1, -0.05) is 11.6 Å². The van der Waals surface area contributed by atoms with E-state index in [1.54, 1.807) is 31.5 Å². The zero-order valence-electron chi connectivity index (χ0n) is 13.8. The van der Waals surface area contributed by atoms with Gasteiger partial charge in [0.2, 0.25) is 0 Å². The Labute approximate surface area is 153 Å². The lowest BCUT2D eigenvalue weighted by atomic mass is 10.2. The summed E-state index contributed by atoms with van der Waals surface area (Å²) in [5.74, 6) is -0.720. The average molecular weight is 371 g/mol. The summed E-state index contributed by atoms with van der Waals surface area (Å²) in [6.07, 6.45) is 3.54. The molecule has 0 aliphatic carbocycles. The van der Waals surface area contributed by atoms with Gasteiger partial charge in [-0.25, -0.2) is 9.78 Å². The molecule has 1 aromatic carbocycles. The van der Waals surface area contributed by atoms with Gasteiger partial charge in [-0.15, -0.1) is 0 Å². The van der Waals surface area contributed by atoms with Crippen molar-refractivity contribution in [3.63, 3.8) is 0 Å². The van der Waals surface area contributed by atoms with Gasteiger partial charge in [0.25, 0.3) is 5.56 Å². The Morgan fingerprint density at radius 2 is 2.00 bits per heavy atom. The highest BCUT2D eigenvalue weighted by atomic mass is 35.5. The molecule has 7 nitrogen and oxygen atoms in total. The molecule has 0 aliphatic rings. The summed E-state index contributed by atoms with van der Waals surface area (Å²) in [6, 6.07) is 9.86. The second-order valence-corrected chi connectivity index (χ2v) is 6.00. The standard InChI is InChI=1S/C18H15ClN4O3/c1-11(21-10-12-3-2-8-20-9-12)15-16(24)22-18(26)23(17(15)25)14-6-4-13(19)5-7-14/h2-9,25H,10H2,1H3,(H,22,24,26). The Morgan fingerprint density at radius 1 is 1.27 bits per heavy atom. The van der Waals surface area contributed by atoms with Crippen LogP contribution in [-0.4, -0.2) is 15.3 Å². The third-order valence-electron chi connectivity index (χ3n) is 3.78. The summed E-state index contributed by atoms with van der Waals surface area (Å²) in [7, 11) is 0. The Morgan fingerprint density at radius 3 is 2.65 bits per heavy atom. The number of nitrogens with one attached hydrogen (secondary N) is 2. The average Bonchev–Trinajstić information content (AvgIpc) is 2.62. The van der Waals surface area contributed by atoms with E-state index >= 15 is 0 Å². The Bertz CT molecular complexity index is 1070. The summed E-state index contributed by atoms with van der Waals surface area (Å²) >= 11 is 5.84. The fourth-order valence-corrected chi connectivity index (χ4v) is 2.60. The number of aromatic nitrogens is 3. The van der Waals surface area contributed by atoms with Crippen LogP contribution in [0.25, 0.3) is 5.69 Å². The van der Waals surface area contributed by atoms with Gasteiger partial charge in [-0.2, -0.15) is 0 Å². The molecule has 0 atom stereocenters. The Hall–Kier alpha value is -3.19. The van der Waals surface area contributed by atoms with Crippen LogP contribution in [0.1, 0.15) is 18.1 Å². The molecule has 0 aliphatic heterocycles. The molecule has 3 aromatic rings. The van der Waals surface area contributed by atoms with E-state index in [-0.39, 0.29) is 11.3 Å². The molecule has 8 heteroatoms. The van der Waals surface area contributed by atoms with Gasteiger partial charge in [0.1, 0.15) is 0 Å². The molecular weight excluding hydrogens is 356 g/mol. The predicted molar refractivity (Wildman–Crippen MR) is 96.0 cm³/mol. The van der Waals surface area contributed by atoms with Crippen molar-refractivity contribution in [3.05, 3.63) is 85.8 Å². The van der Waals surface area contributed by atoms with E-state index in [4.69, 9.17) is 11.6 Å². The van der Waals surface area contributed by atoms with Crippen LogP contribution in [0.15, 0.2) is 63.4 Å². The first-order valence-electron chi connectivity index (χ1n) is 7.76. The molecule has 0 spiro atoms. The van der Waals surface area contributed by atoms with E-state index in [0.717, 1.165) is 10.1 Å².